The molecule has 0 atom stereocenters. The van der Waals surface area contributed by atoms with Gasteiger partial charge in [0.15, 0.2) is 5.76 Å². The Hall–Kier alpha value is -3.64. The van der Waals surface area contributed by atoms with Gasteiger partial charge in [0.2, 0.25) is 5.89 Å². The molecule has 0 fully saturated rings. The van der Waals surface area contributed by atoms with Crippen LogP contribution in [-0.2, 0) is 0 Å². The number of oxazole rings is 1. The van der Waals surface area contributed by atoms with Crippen LogP contribution in [0.3, 0.4) is 0 Å². The predicted octanol–water partition coefficient (Wildman–Crippen LogP) is 5.68. The third-order valence-corrected chi connectivity index (χ3v) is 4.52. The largest absolute Gasteiger partial charge is 0.434 e. The number of benzene rings is 1. The van der Waals surface area contributed by atoms with E-state index in [2.05, 4.69) is 25.3 Å². The van der Waals surface area contributed by atoms with Gasteiger partial charge in [-0.3, -0.25) is 0 Å². The zero-order valence-electron chi connectivity index (χ0n) is 14.6. The van der Waals surface area contributed by atoms with E-state index in [0.717, 1.165) is 16.5 Å². The first-order valence-corrected chi connectivity index (χ1v) is 9.02. The number of H-pyrrole nitrogens is 1. The maximum Gasteiger partial charge on any atom is 0.226 e. The Kier molecular flexibility index (Phi) is 4.03. The molecule has 0 amide bonds. The van der Waals surface area contributed by atoms with Crippen LogP contribution in [0, 0.1) is 0 Å². The lowest BCUT2D eigenvalue weighted by Gasteiger charge is -2.05. The van der Waals surface area contributed by atoms with Crippen molar-refractivity contribution in [1.82, 2.24) is 19.9 Å². The molecule has 0 saturated carbocycles. The van der Waals surface area contributed by atoms with Crippen molar-refractivity contribution in [3.63, 3.8) is 0 Å². The van der Waals surface area contributed by atoms with Crippen LogP contribution in [0.4, 0.5) is 11.6 Å². The number of nitrogens with one attached hydrogen (secondary N) is 2. The summed E-state index contributed by atoms with van der Waals surface area (Å²) in [6.07, 6.45) is 5.23. The Morgan fingerprint density at radius 3 is 2.86 bits per heavy atom. The van der Waals surface area contributed by atoms with Gasteiger partial charge in [-0.2, -0.15) is 0 Å². The minimum absolute atomic E-state index is 0.551. The van der Waals surface area contributed by atoms with Crippen molar-refractivity contribution < 1.29 is 4.42 Å². The SMILES string of the molecule is Clc1ccnc(Nc2cccc(-c3cnc(-c4ccc5[nH]ccc5c4)o3)n2)c1. The molecule has 5 rings (SSSR count). The Labute approximate surface area is 165 Å². The average Bonchev–Trinajstić information content (AvgIpc) is 3.37. The Balaban J connectivity index is 1.43. The lowest BCUT2D eigenvalue weighted by atomic mass is 10.1. The van der Waals surface area contributed by atoms with Gasteiger partial charge < -0.3 is 14.7 Å². The van der Waals surface area contributed by atoms with Crippen LogP contribution in [0.1, 0.15) is 0 Å². The van der Waals surface area contributed by atoms with Crippen LogP contribution in [0.15, 0.2) is 77.6 Å². The average molecular weight is 388 g/mol. The topological polar surface area (TPSA) is 79.6 Å². The molecule has 0 aliphatic heterocycles. The number of aromatic amines is 1. The first kappa shape index (κ1) is 16.5. The van der Waals surface area contributed by atoms with Crippen LogP contribution >= 0.6 is 11.6 Å². The zero-order chi connectivity index (χ0) is 18.9. The van der Waals surface area contributed by atoms with E-state index in [9.17, 15) is 0 Å². The highest BCUT2D eigenvalue weighted by atomic mass is 35.5. The van der Waals surface area contributed by atoms with Gasteiger partial charge in [-0.15, -0.1) is 0 Å². The number of halogens is 1. The van der Waals surface area contributed by atoms with Gasteiger partial charge >= 0.3 is 0 Å². The molecule has 0 bridgehead atoms. The van der Waals surface area contributed by atoms with Gasteiger partial charge in [0.25, 0.3) is 0 Å². The van der Waals surface area contributed by atoms with Crippen LogP contribution < -0.4 is 5.32 Å². The number of hydrogen-bond donors (Lipinski definition) is 2. The summed E-state index contributed by atoms with van der Waals surface area (Å²) in [5, 5.41) is 4.85. The fourth-order valence-electron chi connectivity index (χ4n) is 2.96. The number of hydrogen-bond acceptors (Lipinski definition) is 5. The lowest BCUT2D eigenvalue weighted by molar-refractivity contribution is 0.587. The molecule has 0 aliphatic rings. The normalized spacial score (nSPS) is 11.0. The first-order valence-electron chi connectivity index (χ1n) is 8.64. The quantitative estimate of drug-likeness (QED) is 0.415. The maximum atomic E-state index is 6.00. The summed E-state index contributed by atoms with van der Waals surface area (Å²) < 4.78 is 5.96. The number of fused-ring (bicyclic) bond motifs is 1. The number of nitrogens with zero attached hydrogens (tertiary/aromatic N) is 3. The fraction of sp³-hybridized carbons (Fsp3) is 0. The standard InChI is InChI=1S/C21H14ClN5O/c22-15-7-9-24-20(11-15)27-19-3-1-2-17(26-19)18-12-25-21(28-18)14-4-5-16-13(10-14)6-8-23-16/h1-12,23H,(H,24,26,27). The molecule has 0 saturated heterocycles. The van der Waals surface area contributed by atoms with E-state index in [-0.39, 0.29) is 0 Å². The van der Waals surface area contributed by atoms with Crippen LogP contribution in [-0.4, -0.2) is 19.9 Å². The van der Waals surface area contributed by atoms with E-state index >= 15 is 0 Å². The van der Waals surface area contributed by atoms with Crippen LogP contribution in [0.5, 0.6) is 0 Å². The lowest BCUT2D eigenvalue weighted by Crippen LogP contribution is -1.96. The molecular weight excluding hydrogens is 374 g/mol. The molecule has 6 nitrogen and oxygen atoms in total. The smallest absolute Gasteiger partial charge is 0.226 e. The monoisotopic (exact) mass is 387 g/mol. The molecule has 0 unspecified atom stereocenters. The fourth-order valence-corrected chi connectivity index (χ4v) is 3.12. The van der Waals surface area contributed by atoms with Gasteiger partial charge in [-0.25, -0.2) is 15.0 Å². The number of anilines is 2. The Bertz CT molecular complexity index is 1280. The molecule has 2 N–H and O–H groups in total. The van der Waals surface area contributed by atoms with Crippen molar-refractivity contribution in [2.75, 3.05) is 5.32 Å². The summed E-state index contributed by atoms with van der Waals surface area (Å²) in [5.74, 6) is 2.40. The predicted molar refractivity (Wildman–Crippen MR) is 110 cm³/mol. The van der Waals surface area contributed by atoms with E-state index in [1.807, 2.05) is 48.7 Å². The highest BCUT2D eigenvalue weighted by Gasteiger charge is 2.11. The van der Waals surface area contributed by atoms with Gasteiger partial charge in [0.1, 0.15) is 17.3 Å². The van der Waals surface area contributed by atoms with E-state index < -0.39 is 0 Å². The minimum atomic E-state index is 0.551. The van der Waals surface area contributed by atoms with E-state index in [1.54, 1.807) is 24.5 Å². The summed E-state index contributed by atoms with van der Waals surface area (Å²) in [4.78, 5) is 16.4. The van der Waals surface area contributed by atoms with E-state index in [1.165, 1.54) is 0 Å². The van der Waals surface area contributed by atoms with Crippen molar-refractivity contribution in [1.29, 1.82) is 0 Å². The highest BCUT2D eigenvalue weighted by Crippen LogP contribution is 2.28. The van der Waals surface area contributed by atoms with Crippen molar-refractivity contribution >= 4 is 34.1 Å². The Morgan fingerprint density at radius 1 is 0.964 bits per heavy atom. The summed E-state index contributed by atoms with van der Waals surface area (Å²) in [6, 6.07) is 17.1. The van der Waals surface area contributed by atoms with Crippen molar-refractivity contribution in [2.24, 2.45) is 0 Å². The summed E-state index contributed by atoms with van der Waals surface area (Å²) >= 11 is 6.00. The number of aromatic nitrogens is 4. The molecule has 0 spiro atoms. The summed E-state index contributed by atoms with van der Waals surface area (Å²) in [6.45, 7) is 0. The molecular formula is C21H14ClN5O. The van der Waals surface area contributed by atoms with Gasteiger partial charge in [-0.1, -0.05) is 17.7 Å². The second kappa shape index (κ2) is 6.83. The third-order valence-electron chi connectivity index (χ3n) is 4.29. The molecule has 4 aromatic heterocycles. The van der Waals surface area contributed by atoms with E-state index in [4.69, 9.17) is 16.0 Å². The molecule has 7 heteroatoms. The maximum absolute atomic E-state index is 6.00. The molecule has 0 radical (unpaired) electrons. The Morgan fingerprint density at radius 2 is 1.93 bits per heavy atom. The highest BCUT2D eigenvalue weighted by molar-refractivity contribution is 6.30. The molecule has 4 heterocycles. The van der Waals surface area contributed by atoms with Crippen LogP contribution in [0.25, 0.3) is 33.8 Å². The summed E-state index contributed by atoms with van der Waals surface area (Å²) in [7, 11) is 0. The third kappa shape index (κ3) is 3.21. The zero-order valence-corrected chi connectivity index (χ0v) is 15.3. The van der Waals surface area contributed by atoms with Gasteiger partial charge in [0.05, 0.1) is 6.20 Å². The molecule has 28 heavy (non-hydrogen) atoms. The molecule has 1 aromatic carbocycles. The van der Waals surface area contributed by atoms with E-state index in [0.29, 0.717) is 34.0 Å². The minimum Gasteiger partial charge on any atom is -0.434 e. The van der Waals surface area contributed by atoms with Crippen molar-refractivity contribution in [2.45, 2.75) is 0 Å². The van der Waals surface area contributed by atoms with Crippen LogP contribution in [0.2, 0.25) is 5.02 Å². The van der Waals surface area contributed by atoms with Crippen molar-refractivity contribution in [3.05, 3.63) is 78.2 Å². The first-order chi connectivity index (χ1) is 13.7. The molecule has 0 aliphatic carbocycles. The second-order valence-electron chi connectivity index (χ2n) is 6.20. The number of rotatable bonds is 4. The van der Waals surface area contributed by atoms with Gasteiger partial charge in [0, 0.05) is 33.9 Å². The van der Waals surface area contributed by atoms with Gasteiger partial charge in [-0.05, 0) is 48.5 Å². The molecule has 136 valence electrons. The summed E-state index contributed by atoms with van der Waals surface area (Å²) in [5.41, 5.74) is 2.66. The molecule has 5 aromatic rings. The number of pyridine rings is 2. The second-order valence-corrected chi connectivity index (χ2v) is 6.64. The van der Waals surface area contributed by atoms with Crippen molar-refractivity contribution in [3.8, 4) is 22.9 Å².